The highest BCUT2D eigenvalue weighted by molar-refractivity contribution is 6.32. The summed E-state index contributed by atoms with van der Waals surface area (Å²) < 4.78 is 11.5. The van der Waals surface area contributed by atoms with Crippen LogP contribution in [-0.4, -0.2) is 13.2 Å². The molecule has 0 radical (unpaired) electrons. The van der Waals surface area contributed by atoms with Crippen LogP contribution in [0.2, 0.25) is 10.0 Å². The van der Waals surface area contributed by atoms with Crippen LogP contribution in [-0.2, 0) is 13.2 Å². The first-order valence-electron chi connectivity index (χ1n) is 10.1. The van der Waals surface area contributed by atoms with Gasteiger partial charge in [0.05, 0.1) is 12.1 Å². The fraction of sp³-hybridized carbons (Fsp3) is 0.478. The normalized spacial score (nSPS) is 15.7. The Labute approximate surface area is 178 Å². The number of halogens is 2. The summed E-state index contributed by atoms with van der Waals surface area (Å²) in [6.45, 7) is 1.20. The molecule has 1 fully saturated rings. The standard InChI is InChI=1S/C23H29Cl2NO2/c1-27-22-14-18(15-26-20-7-5-3-2-4-6-8-20)13-21(25)23(22)28-16-17-9-11-19(24)12-10-17/h9-14,20,26H,2-8,15-16H2,1H3. The third kappa shape index (κ3) is 6.30. The first-order chi connectivity index (χ1) is 13.7. The van der Waals surface area contributed by atoms with Gasteiger partial charge in [0, 0.05) is 17.6 Å². The molecule has 5 heteroatoms. The summed E-state index contributed by atoms with van der Waals surface area (Å²) in [6, 6.07) is 12.2. The van der Waals surface area contributed by atoms with Crippen LogP contribution in [0.1, 0.15) is 56.1 Å². The van der Waals surface area contributed by atoms with Crippen LogP contribution in [0.25, 0.3) is 0 Å². The molecule has 0 atom stereocenters. The number of ether oxygens (including phenoxy) is 2. The number of hydrogen-bond acceptors (Lipinski definition) is 3. The van der Waals surface area contributed by atoms with Gasteiger partial charge >= 0.3 is 0 Å². The molecule has 1 aliphatic rings. The van der Waals surface area contributed by atoms with E-state index in [0.717, 1.165) is 17.7 Å². The highest BCUT2D eigenvalue weighted by Gasteiger charge is 2.15. The van der Waals surface area contributed by atoms with Gasteiger partial charge in [-0.3, -0.25) is 0 Å². The van der Waals surface area contributed by atoms with Crippen LogP contribution in [0.3, 0.4) is 0 Å². The molecule has 1 N–H and O–H groups in total. The number of rotatable bonds is 7. The quantitative estimate of drug-likeness (QED) is 0.533. The molecule has 0 aromatic heterocycles. The maximum atomic E-state index is 6.52. The largest absolute Gasteiger partial charge is 0.493 e. The molecule has 152 valence electrons. The van der Waals surface area contributed by atoms with Gasteiger partial charge in [0.15, 0.2) is 11.5 Å². The maximum Gasteiger partial charge on any atom is 0.180 e. The van der Waals surface area contributed by atoms with E-state index in [1.807, 2.05) is 36.4 Å². The van der Waals surface area contributed by atoms with Crippen molar-refractivity contribution >= 4 is 23.2 Å². The molecule has 0 bridgehead atoms. The maximum absolute atomic E-state index is 6.52. The van der Waals surface area contributed by atoms with Crippen molar-refractivity contribution in [2.75, 3.05) is 7.11 Å². The third-order valence-corrected chi connectivity index (χ3v) is 5.82. The van der Waals surface area contributed by atoms with E-state index in [1.165, 1.54) is 44.9 Å². The van der Waals surface area contributed by atoms with Crippen molar-refractivity contribution in [3.05, 3.63) is 57.6 Å². The monoisotopic (exact) mass is 421 g/mol. The molecule has 2 aromatic carbocycles. The zero-order valence-corrected chi connectivity index (χ0v) is 18.0. The van der Waals surface area contributed by atoms with Crippen LogP contribution < -0.4 is 14.8 Å². The second-order valence-electron chi connectivity index (χ2n) is 7.45. The van der Waals surface area contributed by atoms with E-state index in [9.17, 15) is 0 Å². The van der Waals surface area contributed by atoms with E-state index in [0.29, 0.717) is 34.2 Å². The number of methoxy groups -OCH3 is 1. The second-order valence-corrected chi connectivity index (χ2v) is 8.29. The van der Waals surface area contributed by atoms with Crippen molar-refractivity contribution in [1.82, 2.24) is 5.32 Å². The number of benzene rings is 2. The number of hydrogen-bond donors (Lipinski definition) is 1. The SMILES string of the molecule is COc1cc(CNC2CCCCCCC2)cc(Cl)c1OCc1ccc(Cl)cc1. The predicted molar refractivity (Wildman–Crippen MR) is 117 cm³/mol. The molecular weight excluding hydrogens is 393 g/mol. The fourth-order valence-corrected chi connectivity index (χ4v) is 4.09. The Morgan fingerprint density at radius 3 is 2.29 bits per heavy atom. The van der Waals surface area contributed by atoms with E-state index < -0.39 is 0 Å². The van der Waals surface area contributed by atoms with Crippen LogP contribution in [0, 0.1) is 0 Å². The van der Waals surface area contributed by atoms with Crippen LogP contribution in [0.4, 0.5) is 0 Å². The summed E-state index contributed by atoms with van der Waals surface area (Å²) in [7, 11) is 1.65. The second kappa shape index (κ2) is 10.9. The van der Waals surface area contributed by atoms with Crippen molar-refractivity contribution < 1.29 is 9.47 Å². The summed E-state index contributed by atoms with van der Waals surface area (Å²) >= 11 is 12.5. The average Bonchev–Trinajstić information content (AvgIpc) is 2.67. The summed E-state index contributed by atoms with van der Waals surface area (Å²) in [5.41, 5.74) is 2.14. The van der Waals surface area contributed by atoms with Gasteiger partial charge in [-0.15, -0.1) is 0 Å². The van der Waals surface area contributed by atoms with Crippen LogP contribution >= 0.6 is 23.2 Å². The van der Waals surface area contributed by atoms with Gasteiger partial charge in [0.2, 0.25) is 0 Å². The highest BCUT2D eigenvalue weighted by atomic mass is 35.5. The molecule has 0 saturated heterocycles. The Kier molecular flexibility index (Phi) is 8.32. The van der Waals surface area contributed by atoms with Gasteiger partial charge in [-0.25, -0.2) is 0 Å². The lowest BCUT2D eigenvalue weighted by molar-refractivity contribution is 0.284. The molecule has 3 rings (SSSR count). The van der Waals surface area contributed by atoms with Crippen molar-refractivity contribution in [3.63, 3.8) is 0 Å². The predicted octanol–water partition coefficient (Wildman–Crippen LogP) is 6.78. The van der Waals surface area contributed by atoms with E-state index in [4.69, 9.17) is 32.7 Å². The average molecular weight is 422 g/mol. The lowest BCUT2D eigenvalue weighted by Crippen LogP contribution is -2.29. The van der Waals surface area contributed by atoms with Gasteiger partial charge in [-0.2, -0.15) is 0 Å². The Hall–Kier alpha value is -1.42. The number of nitrogens with one attached hydrogen (secondary N) is 1. The van der Waals surface area contributed by atoms with Gasteiger partial charge in [0.1, 0.15) is 6.61 Å². The highest BCUT2D eigenvalue weighted by Crippen LogP contribution is 2.37. The van der Waals surface area contributed by atoms with Gasteiger partial charge in [-0.1, -0.05) is 67.4 Å². The fourth-order valence-electron chi connectivity index (χ4n) is 3.67. The van der Waals surface area contributed by atoms with Crippen molar-refractivity contribution in [2.24, 2.45) is 0 Å². The zero-order chi connectivity index (χ0) is 19.8. The van der Waals surface area contributed by atoms with Gasteiger partial charge < -0.3 is 14.8 Å². The molecule has 0 aliphatic heterocycles. The minimum absolute atomic E-state index is 0.410. The molecule has 0 unspecified atom stereocenters. The summed E-state index contributed by atoms with van der Waals surface area (Å²) in [5, 5.41) is 4.98. The Morgan fingerprint density at radius 1 is 0.929 bits per heavy atom. The van der Waals surface area contributed by atoms with E-state index in [2.05, 4.69) is 5.32 Å². The lowest BCUT2D eigenvalue weighted by Gasteiger charge is -2.21. The van der Waals surface area contributed by atoms with Crippen molar-refractivity contribution in [2.45, 2.75) is 64.1 Å². The van der Waals surface area contributed by atoms with E-state index in [1.54, 1.807) is 7.11 Å². The molecule has 2 aromatic rings. The van der Waals surface area contributed by atoms with Gasteiger partial charge in [0.25, 0.3) is 0 Å². The van der Waals surface area contributed by atoms with Crippen molar-refractivity contribution in [3.8, 4) is 11.5 Å². The molecule has 0 heterocycles. The van der Waals surface area contributed by atoms with Crippen molar-refractivity contribution in [1.29, 1.82) is 0 Å². The molecule has 1 aliphatic carbocycles. The Bertz CT molecular complexity index is 741. The minimum atomic E-state index is 0.410. The summed E-state index contributed by atoms with van der Waals surface area (Å²) in [4.78, 5) is 0. The molecular formula is C23H29Cl2NO2. The van der Waals surface area contributed by atoms with Crippen LogP contribution in [0.5, 0.6) is 11.5 Å². The Balaban J connectivity index is 1.62. The molecule has 1 saturated carbocycles. The minimum Gasteiger partial charge on any atom is -0.493 e. The zero-order valence-electron chi connectivity index (χ0n) is 16.5. The first kappa shape index (κ1) is 21.3. The van der Waals surface area contributed by atoms with E-state index in [-0.39, 0.29) is 0 Å². The molecule has 3 nitrogen and oxygen atoms in total. The smallest absolute Gasteiger partial charge is 0.180 e. The first-order valence-corrected chi connectivity index (χ1v) is 10.9. The van der Waals surface area contributed by atoms with Crippen LogP contribution in [0.15, 0.2) is 36.4 Å². The summed E-state index contributed by atoms with van der Waals surface area (Å²) in [6.07, 6.45) is 9.25. The molecule has 0 spiro atoms. The molecule has 28 heavy (non-hydrogen) atoms. The topological polar surface area (TPSA) is 30.5 Å². The summed E-state index contributed by atoms with van der Waals surface area (Å²) in [5.74, 6) is 1.24. The Morgan fingerprint density at radius 2 is 1.61 bits per heavy atom. The van der Waals surface area contributed by atoms with E-state index >= 15 is 0 Å². The third-order valence-electron chi connectivity index (χ3n) is 5.29. The lowest BCUT2D eigenvalue weighted by atomic mass is 9.96. The van der Waals surface area contributed by atoms with Gasteiger partial charge in [-0.05, 0) is 48.2 Å². The molecule has 0 amide bonds.